The van der Waals surface area contributed by atoms with E-state index in [2.05, 4.69) is 63.4 Å². The molecule has 1 aliphatic heterocycles. The smallest absolute Gasteiger partial charge is 0.129 e. The summed E-state index contributed by atoms with van der Waals surface area (Å²) in [7, 11) is 0. The van der Waals surface area contributed by atoms with Crippen molar-refractivity contribution in [3.8, 4) is 0 Å². The fourth-order valence-electron chi connectivity index (χ4n) is 2.56. The molecule has 1 fully saturated rings. The lowest BCUT2D eigenvalue weighted by molar-refractivity contribution is 0.566. The lowest BCUT2D eigenvalue weighted by Crippen LogP contribution is -2.41. The topological polar surface area (TPSA) is 16.1 Å². The van der Waals surface area contributed by atoms with Crippen molar-refractivity contribution in [1.82, 2.24) is 4.98 Å². The van der Waals surface area contributed by atoms with Crippen molar-refractivity contribution in [3.05, 3.63) is 23.4 Å². The molecule has 2 heterocycles. The van der Waals surface area contributed by atoms with E-state index in [9.17, 15) is 0 Å². The molecule has 0 N–H and O–H groups in total. The van der Waals surface area contributed by atoms with Crippen molar-refractivity contribution >= 4 is 29.2 Å². The van der Waals surface area contributed by atoms with E-state index in [4.69, 9.17) is 16.6 Å². The van der Waals surface area contributed by atoms with Gasteiger partial charge in [0, 0.05) is 40.6 Å². The third-order valence-electron chi connectivity index (χ3n) is 3.54. The second-order valence-corrected chi connectivity index (χ2v) is 8.91. The number of thioether (sulfide) groups is 1. The number of hydrogen-bond donors (Lipinski definition) is 0. The van der Waals surface area contributed by atoms with Crippen molar-refractivity contribution in [2.24, 2.45) is 0 Å². The van der Waals surface area contributed by atoms with Gasteiger partial charge in [-0.3, -0.25) is 0 Å². The molecule has 112 valence electrons. The number of pyridine rings is 1. The predicted molar refractivity (Wildman–Crippen MR) is 91.2 cm³/mol. The predicted octanol–water partition coefficient (Wildman–Crippen LogP) is 4.45. The Hall–Kier alpha value is -0.410. The summed E-state index contributed by atoms with van der Waals surface area (Å²) in [6.07, 6.45) is 0. The molecule has 1 saturated heterocycles. The van der Waals surface area contributed by atoms with Crippen LogP contribution in [0.15, 0.2) is 12.1 Å². The van der Waals surface area contributed by atoms with Crippen LogP contribution in [0.3, 0.4) is 0 Å². The van der Waals surface area contributed by atoms with Crippen LogP contribution in [0.5, 0.6) is 0 Å². The molecular formula is C16H25ClN2S. The van der Waals surface area contributed by atoms with Crippen LogP contribution in [0.4, 0.5) is 5.82 Å². The van der Waals surface area contributed by atoms with Crippen LogP contribution in [-0.2, 0) is 11.3 Å². The van der Waals surface area contributed by atoms with Crippen molar-refractivity contribution in [3.63, 3.8) is 0 Å². The highest BCUT2D eigenvalue weighted by Gasteiger charge is 2.25. The maximum atomic E-state index is 6.07. The first-order valence-corrected chi connectivity index (χ1v) is 8.75. The van der Waals surface area contributed by atoms with Crippen LogP contribution < -0.4 is 4.90 Å². The Morgan fingerprint density at radius 2 is 1.85 bits per heavy atom. The zero-order valence-corrected chi connectivity index (χ0v) is 14.7. The van der Waals surface area contributed by atoms with Crippen LogP contribution in [0.2, 0.25) is 0 Å². The molecule has 1 aromatic rings. The lowest BCUT2D eigenvalue weighted by atomic mass is 9.91. The average molecular weight is 313 g/mol. The minimum atomic E-state index is 0.0542. The molecule has 0 radical (unpaired) electrons. The molecule has 20 heavy (non-hydrogen) atoms. The number of hydrogen-bond acceptors (Lipinski definition) is 3. The van der Waals surface area contributed by atoms with Gasteiger partial charge in [0.25, 0.3) is 0 Å². The van der Waals surface area contributed by atoms with Crippen molar-refractivity contribution < 1.29 is 0 Å². The fourth-order valence-corrected chi connectivity index (χ4v) is 4.04. The normalized spacial score (nSPS) is 24.0. The first kappa shape index (κ1) is 16.0. The van der Waals surface area contributed by atoms with Crippen LogP contribution in [0.1, 0.15) is 45.9 Å². The third kappa shape index (κ3) is 3.82. The Morgan fingerprint density at radius 1 is 1.25 bits per heavy atom. The molecule has 2 nitrogen and oxygen atoms in total. The second-order valence-electron chi connectivity index (χ2n) is 6.76. The molecular weight excluding hydrogens is 288 g/mol. The summed E-state index contributed by atoms with van der Waals surface area (Å²) in [5.74, 6) is 1.64. The monoisotopic (exact) mass is 312 g/mol. The van der Waals surface area contributed by atoms with Gasteiger partial charge in [-0.15, -0.1) is 11.6 Å². The minimum absolute atomic E-state index is 0.0542. The summed E-state index contributed by atoms with van der Waals surface area (Å²) < 4.78 is 0. The summed E-state index contributed by atoms with van der Waals surface area (Å²) in [5, 5.41) is 1.30. The molecule has 2 atom stereocenters. The van der Waals surface area contributed by atoms with Gasteiger partial charge in [-0.1, -0.05) is 34.6 Å². The quantitative estimate of drug-likeness (QED) is 0.751. The van der Waals surface area contributed by atoms with E-state index >= 15 is 0 Å². The van der Waals surface area contributed by atoms with E-state index in [0.717, 1.165) is 24.6 Å². The van der Waals surface area contributed by atoms with Gasteiger partial charge >= 0.3 is 0 Å². The van der Waals surface area contributed by atoms with E-state index in [1.165, 1.54) is 5.56 Å². The molecule has 0 saturated carbocycles. The number of nitrogens with zero attached hydrogens (tertiary/aromatic N) is 2. The molecule has 0 bridgehead atoms. The Labute approximate surface area is 132 Å². The highest BCUT2D eigenvalue weighted by molar-refractivity contribution is 8.00. The Morgan fingerprint density at radius 3 is 2.35 bits per heavy atom. The molecule has 0 aromatic carbocycles. The molecule has 0 spiro atoms. The number of alkyl halides is 1. The van der Waals surface area contributed by atoms with E-state index in [0.29, 0.717) is 16.4 Å². The molecule has 1 aromatic heterocycles. The summed E-state index contributed by atoms with van der Waals surface area (Å²) in [4.78, 5) is 7.32. The maximum Gasteiger partial charge on any atom is 0.129 e. The van der Waals surface area contributed by atoms with Crippen molar-refractivity contribution in [2.45, 2.75) is 56.4 Å². The summed E-state index contributed by atoms with van der Waals surface area (Å²) in [6.45, 7) is 13.3. The van der Waals surface area contributed by atoms with E-state index < -0.39 is 0 Å². The fraction of sp³-hybridized carbons (Fsp3) is 0.688. The summed E-state index contributed by atoms with van der Waals surface area (Å²) >= 11 is 8.13. The highest BCUT2D eigenvalue weighted by Crippen LogP contribution is 2.30. The van der Waals surface area contributed by atoms with Gasteiger partial charge in [0.1, 0.15) is 5.82 Å². The zero-order valence-electron chi connectivity index (χ0n) is 13.1. The molecule has 0 amide bonds. The van der Waals surface area contributed by atoms with E-state index in [-0.39, 0.29) is 5.41 Å². The minimum Gasteiger partial charge on any atom is -0.354 e. The van der Waals surface area contributed by atoms with Crippen LogP contribution in [0.25, 0.3) is 0 Å². The molecule has 1 aliphatic rings. The molecule has 4 heteroatoms. The SMILES string of the molecule is CC1CN(c2cc(CCl)cc(C(C)(C)C)n2)CC(C)S1. The van der Waals surface area contributed by atoms with Crippen LogP contribution >= 0.6 is 23.4 Å². The molecule has 0 aliphatic carbocycles. The first-order chi connectivity index (χ1) is 9.29. The Kier molecular flexibility index (Phi) is 4.91. The average Bonchev–Trinajstić information content (AvgIpc) is 2.36. The molecule has 2 unspecified atom stereocenters. The highest BCUT2D eigenvalue weighted by atomic mass is 35.5. The Bertz CT molecular complexity index is 460. The van der Waals surface area contributed by atoms with Gasteiger partial charge in [0.15, 0.2) is 0 Å². The van der Waals surface area contributed by atoms with Gasteiger partial charge in [0.2, 0.25) is 0 Å². The van der Waals surface area contributed by atoms with Crippen molar-refractivity contribution in [1.29, 1.82) is 0 Å². The molecule has 2 rings (SSSR count). The standard InChI is InChI=1S/C16H25ClN2S/c1-11-9-19(10-12(2)20-11)15-7-13(8-17)6-14(18-15)16(3,4)5/h6-7,11-12H,8-10H2,1-5H3. The van der Waals surface area contributed by atoms with Gasteiger partial charge < -0.3 is 4.90 Å². The van der Waals surface area contributed by atoms with Gasteiger partial charge in [-0.25, -0.2) is 4.98 Å². The van der Waals surface area contributed by atoms with Crippen LogP contribution in [-0.4, -0.2) is 28.6 Å². The number of halogens is 1. The largest absolute Gasteiger partial charge is 0.354 e. The number of aromatic nitrogens is 1. The lowest BCUT2D eigenvalue weighted by Gasteiger charge is -2.36. The summed E-state index contributed by atoms with van der Waals surface area (Å²) in [5.41, 5.74) is 2.35. The first-order valence-electron chi connectivity index (χ1n) is 7.27. The zero-order chi connectivity index (χ0) is 14.9. The van der Waals surface area contributed by atoms with E-state index in [1.54, 1.807) is 0 Å². The van der Waals surface area contributed by atoms with E-state index in [1.807, 2.05) is 0 Å². The van der Waals surface area contributed by atoms with Crippen LogP contribution in [0, 0.1) is 0 Å². The summed E-state index contributed by atoms with van der Waals surface area (Å²) in [6, 6.07) is 4.29. The van der Waals surface area contributed by atoms with Crippen molar-refractivity contribution in [2.75, 3.05) is 18.0 Å². The van der Waals surface area contributed by atoms with Gasteiger partial charge in [-0.2, -0.15) is 11.8 Å². The second kappa shape index (κ2) is 6.15. The Balaban J connectivity index is 2.35. The number of anilines is 1. The third-order valence-corrected chi connectivity index (χ3v) is 5.07. The van der Waals surface area contributed by atoms with Gasteiger partial charge in [-0.05, 0) is 17.7 Å². The number of rotatable bonds is 2. The van der Waals surface area contributed by atoms with Gasteiger partial charge in [0.05, 0.1) is 0 Å². The maximum absolute atomic E-state index is 6.07.